The number of halogens is 1. The Hall–Kier alpha value is -0.150. The largest absolute Gasteiger partial charge is 0.258 e. The van der Waals surface area contributed by atoms with E-state index in [2.05, 4.69) is 17.8 Å². The second-order valence-corrected chi connectivity index (χ2v) is 2.25. The maximum atomic E-state index is 11.5. The first-order valence-corrected chi connectivity index (χ1v) is 3.93. The molecule has 10 heavy (non-hydrogen) atoms. The van der Waals surface area contributed by atoms with Crippen molar-refractivity contribution < 1.29 is 4.39 Å². The number of rotatable bonds is 7. The smallest absolute Gasteiger partial charge is 0.0894 e. The monoisotopic (exact) mass is 148 g/mol. The van der Waals surface area contributed by atoms with Gasteiger partial charge in [-0.3, -0.25) is 15.2 Å². The lowest BCUT2D eigenvalue weighted by atomic mass is 10.3. The van der Waals surface area contributed by atoms with E-state index in [1.54, 1.807) is 0 Å². The molecule has 0 atom stereocenters. The summed E-state index contributed by atoms with van der Waals surface area (Å²) in [7, 11) is 0. The van der Waals surface area contributed by atoms with Gasteiger partial charge in [-0.05, 0) is 19.3 Å². The highest BCUT2D eigenvalue weighted by atomic mass is 19.1. The number of hydrogen-bond acceptors (Lipinski definition) is 2. The molecule has 0 heterocycles. The Morgan fingerprint density at radius 2 is 1.80 bits per heavy atom. The fourth-order valence-corrected chi connectivity index (χ4v) is 0.610. The van der Waals surface area contributed by atoms with Crippen molar-refractivity contribution in [1.29, 1.82) is 0 Å². The molecule has 0 saturated carbocycles. The summed E-state index contributed by atoms with van der Waals surface area (Å²) in [5, 5.41) is 0. The van der Waals surface area contributed by atoms with Crippen LogP contribution in [0.3, 0.4) is 0 Å². The molecule has 3 heteroatoms. The lowest BCUT2D eigenvalue weighted by Gasteiger charge is -2.03. The van der Waals surface area contributed by atoms with Crippen molar-refractivity contribution >= 4 is 0 Å². The zero-order valence-corrected chi connectivity index (χ0v) is 6.62. The van der Waals surface area contributed by atoms with Crippen LogP contribution >= 0.6 is 0 Å². The van der Waals surface area contributed by atoms with Crippen LogP contribution < -0.4 is 10.9 Å². The van der Waals surface area contributed by atoms with Gasteiger partial charge in [-0.25, -0.2) is 0 Å². The predicted molar refractivity (Wildman–Crippen MR) is 41.5 cm³/mol. The van der Waals surface area contributed by atoms with Crippen molar-refractivity contribution in [3.05, 3.63) is 0 Å². The lowest BCUT2D eigenvalue weighted by Crippen LogP contribution is -2.33. The molecule has 2 N–H and O–H groups in total. The zero-order valence-electron chi connectivity index (χ0n) is 6.62. The van der Waals surface area contributed by atoms with Crippen molar-refractivity contribution in [2.24, 2.45) is 0 Å². The normalized spacial score (nSPS) is 10.2. The van der Waals surface area contributed by atoms with E-state index < -0.39 is 0 Å². The lowest BCUT2D eigenvalue weighted by molar-refractivity contribution is 0.440. The molecule has 0 fully saturated rings. The van der Waals surface area contributed by atoms with Crippen LogP contribution in [0.15, 0.2) is 0 Å². The highest BCUT2D eigenvalue weighted by molar-refractivity contribution is 4.42. The van der Waals surface area contributed by atoms with E-state index in [1.807, 2.05) is 0 Å². The van der Waals surface area contributed by atoms with Gasteiger partial charge in [0, 0.05) is 13.1 Å². The first kappa shape index (κ1) is 9.85. The molecule has 62 valence electrons. The Labute approximate surface area is 62.2 Å². The van der Waals surface area contributed by atoms with Crippen LogP contribution in [0.1, 0.15) is 26.2 Å². The third kappa shape index (κ3) is 7.85. The molecule has 0 unspecified atom stereocenters. The average molecular weight is 148 g/mol. The highest BCUT2D eigenvalue weighted by Gasteiger charge is 1.85. The maximum absolute atomic E-state index is 11.5. The van der Waals surface area contributed by atoms with Crippen molar-refractivity contribution in [3.63, 3.8) is 0 Å². The first-order chi connectivity index (χ1) is 4.91. The van der Waals surface area contributed by atoms with Crippen molar-refractivity contribution in [3.8, 4) is 0 Å². The summed E-state index contributed by atoms with van der Waals surface area (Å²) in [6.07, 6.45) is 2.70. The molecule has 0 aliphatic heterocycles. The summed E-state index contributed by atoms with van der Waals surface area (Å²) in [6.45, 7) is 3.76. The second-order valence-electron chi connectivity index (χ2n) is 2.25. The third-order valence-electron chi connectivity index (χ3n) is 1.19. The third-order valence-corrected chi connectivity index (χ3v) is 1.19. The zero-order chi connectivity index (χ0) is 7.66. The van der Waals surface area contributed by atoms with Crippen LogP contribution in [0.25, 0.3) is 0 Å². The summed E-state index contributed by atoms with van der Waals surface area (Å²) in [5.41, 5.74) is 6.03. The Balaban J connectivity index is 2.65. The molecule has 0 bridgehead atoms. The summed E-state index contributed by atoms with van der Waals surface area (Å²) < 4.78 is 11.5. The molecule has 2 nitrogen and oxygen atoms in total. The molecule has 0 rings (SSSR count). The number of hydrogen-bond donors (Lipinski definition) is 2. The summed E-state index contributed by atoms with van der Waals surface area (Å²) in [4.78, 5) is 0. The fourth-order valence-electron chi connectivity index (χ4n) is 0.610. The molecule has 0 spiro atoms. The average Bonchev–Trinajstić information content (AvgIpc) is 1.97. The van der Waals surface area contributed by atoms with E-state index in [-0.39, 0.29) is 6.67 Å². The van der Waals surface area contributed by atoms with Crippen LogP contribution in [0.2, 0.25) is 0 Å². The fraction of sp³-hybridized carbons (Fsp3) is 1.00. The number of alkyl halides is 1. The summed E-state index contributed by atoms with van der Waals surface area (Å²) >= 11 is 0. The Morgan fingerprint density at radius 1 is 1.10 bits per heavy atom. The van der Waals surface area contributed by atoms with Gasteiger partial charge in [0.15, 0.2) is 0 Å². The number of hydrazine groups is 1. The van der Waals surface area contributed by atoms with E-state index >= 15 is 0 Å². The van der Waals surface area contributed by atoms with Gasteiger partial charge in [0.25, 0.3) is 0 Å². The minimum atomic E-state index is -0.199. The predicted octanol–water partition coefficient (Wildman–Crippen LogP) is 1.24. The van der Waals surface area contributed by atoms with Crippen LogP contribution in [-0.4, -0.2) is 19.8 Å². The van der Waals surface area contributed by atoms with Gasteiger partial charge in [-0.1, -0.05) is 6.92 Å². The summed E-state index contributed by atoms with van der Waals surface area (Å²) in [6, 6.07) is 0. The van der Waals surface area contributed by atoms with Crippen LogP contribution in [0, 0.1) is 0 Å². The number of unbranched alkanes of at least 4 members (excludes halogenated alkanes) is 1. The Bertz CT molecular complexity index is 51.6. The topological polar surface area (TPSA) is 24.1 Å². The summed E-state index contributed by atoms with van der Waals surface area (Å²) in [5.74, 6) is 0. The van der Waals surface area contributed by atoms with E-state index in [0.29, 0.717) is 6.42 Å². The molecule has 0 amide bonds. The van der Waals surface area contributed by atoms with Gasteiger partial charge in [-0.2, -0.15) is 0 Å². The van der Waals surface area contributed by atoms with Crippen molar-refractivity contribution in [2.45, 2.75) is 26.2 Å². The van der Waals surface area contributed by atoms with Gasteiger partial charge in [0.1, 0.15) is 0 Å². The highest BCUT2D eigenvalue weighted by Crippen LogP contribution is 1.85. The standard InChI is InChI=1S/C7H17FN2/c1-2-6-9-10-7-4-3-5-8/h9-10H,2-7H2,1H3. The molecule has 0 aromatic rings. The van der Waals surface area contributed by atoms with Gasteiger partial charge in [0.2, 0.25) is 0 Å². The SMILES string of the molecule is CCCNNCCCCF. The van der Waals surface area contributed by atoms with Crippen LogP contribution in [0.4, 0.5) is 4.39 Å². The van der Waals surface area contributed by atoms with E-state index in [0.717, 1.165) is 25.9 Å². The molecule has 0 aliphatic carbocycles. The molecule has 0 aliphatic rings. The molecule has 0 aromatic carbocycles. The maximum Gasteiger partial charge on any atom is 0.0894 e. The molecule has 0 saturated heterocycles. The van der Waals surface area contributed by atoms with Gasteiger partial charge in [0.05, 0.1) is 6.67 Å². The first-order valence-electron chi connectivity index (χ1n) is 3.93. The molecule has 0 radical (unpaired) electrons. The second kappa shape index (κ2) is 8.85. The molecule has 0 aromatic heterocycles. The van der Waals surface area contributed by atoms with Crippen LogP contribution in [0.5, 0.6) is 0 Å². The number of nitrogens with one attached hydrogen (secondary N) is 2. The Morgan fingerprint density at radius 3 is 2.40 bits per heavy atom. The van der Waals surface area contributed by atoms with Gasteiger partial charge in [-0.15, -0.1) is 0 Å². The van der Waals surface area contributed by atoms with Gasteiger partial charge < -0.3 is 0 Å². The van der Waals surface area contributed by atoms with Crippen molar-refractivity contribution in [1.82, 2.24) is 10.9 Å². The minimum Gasteiger partial charge on any atom is -0.258 e. The minimum absolute atomic E-state index is 0.199. The van der Waals surface area contributed by atoms with Gasteiger partial charge >= 0.3 is 0 Å². The molecular formula is C7H17FN2. The van der Waals surface area contributed by atoms with E-state index in [4.69, 9.17) is 0 Å². The van der Waals surface area contributed by atoms with E-state index in [1.165, 1.54) is 0 Å². The molecular weight excluding hydrogens is 131 g/mol. The quantitative estimate of drug-likeness (QED) is 0.419. The Kier molecular flexibility index (Phi) is 8.72. The van der Waals surface area contributed by atoms with Crippen LogP contribution in [-0.2, 0) is 0 Å². The van der Waals surface area contributed by atoms with Crippen molar-refractivity contribution in [2.75, 3.05) is 19.8 Å². The van der Waals surface area contributed by atoms with E-state index in [9.17, 15) is 4.39 Å².